The van der Waals surface area contributed by atoms with E-state index in [-0.39, 0.29) is 12.8 Å². The third-order valence-electron chi connectivity index (χ3n) is 3.28. The normalized spacial score (nSPS) is 13.9. The lowest BCUT2D eigenvalue weighted by molar-refractivity contribution is -0.285. The topological polar surface area (TPSA) is 148 Å². The first-order valence-corrected chi connectivity index (χ1v) is 8.94. The van der Waals surface area contributed by atoms with Crippen molar-refractivity contribution in [1.29, 1.82) is 0 Å². The molecule has 0 aromatic heterocycles. The van der Waals surface area contributed by atoms with Gasteiger partial charge in [0.25, 0.3) is 0 Å². The Morgan fingerprint density at radius 3 is 2.21 bits per heavy atom. The molecule has 0 radical (unpaired) electrons. The number of aliphatic hydroxyl groups is 1. The molecule has 0 fully saturated rings. The van der Waals surface area contributed by atoms with Gasteiger partial charge in [0.1, 0.15) is 6.04 Å². The number of hydrogen-bond acceptors (Lipinski definition) is 7. The van der Waals surface area contributed by atoms with Crippen LogP contribution in [-0.2, 0) is 23.8 Å². The molecule has 160 valence electrons. The van der Waals surface area contributed by atoms with Crippen molar-refractivity contribution in [2.24, 2.45) is 5.41 Å². The molecule has 0 rings (SSSR count). The van der Waals surface area contributed by atoms with Crippen molar-refractivity contribution in [2.75, 3.05) is 0 Å². The summed E-state index contributed by atoms with van der Waals surface area (Å²) in [6.45, 7) is 11.4. The zero-order chi connectivity index (χ0) is 22.1. The van der Waals surface area contributed by atoms with E-state index < -0.39 is 47.5 Å². The van der Waals surface area contributed by atoms with Crippen LogP contribution in [0.4, 0.5) is 4.79 Å². The molecule has 28 heavy (non-hydrogen) atoms. The van der Waals surface area contributed by atoms with Crippen LogP contribution in [0.1, 0.15) is 61.3 Å². The standard InChI is InChI=1S/C18H31N3O7/c1-11(2)26-14(23)13(9-8-12(22)10-20-19)21-16(25)28-18(6,7)27-15(24)17(3,4)5/h10-11,13,15,24H,8-9H2,1-7H3,(H,21,25)/t13-,15?/m0/s1. The molecule has 0 aliphatic heterocycles. The molecule has 1 unspecified atom stereocenters. The highest BCUT2D eigenvalue weighted by Gasteiger charge is 2.34. The Balaban J connectivity index is 5.03. The molecule has 0 saturated carbocycles. The van der Waals surface area contributed by atoms with Gasteiger partial charge in [0, 0.05) is 25.7 Å². The van der Waals surface area contributed by atoms with Gasteiger partial charge in [0.2, 0.25) is 11.6 Å². The number of carbonyl (C=O) groups excluding carboxylic acids is 3. The molecular weight excluding hydrogens is 370 g/mol. The fraction of sp³-hybridized carbons (Fsp3) is 0.778. The summed E-state index contributed by atoms with van der Waals surface area (Å²) >= 11 is 0. The monoisotopic (exact) mass is 401 g/mol. The van der Waals surface area contributed by atoms with E-state index in [1.54, 1.807) is 34.6 Å². The van der Waals surface area contributed by atoms with Crippen LogP contribution in [0.5, 0.6) is 0 Å². The number of esters is 1. The molecule has 10 nitrogen and oxygen atoms in total. The molecule has 0 saturated heterocycles. The lowest BCUT2D eigenvalue weighted by Crippen LogP contribution is -2.47. The molecule has 1 amide bonds. The number of nitrogens with one attached hydrogen (secondary N) is 1. The number of rotatable bonds is 10. The molecule has 0 heterocycles. The van der Waals surface area contributed by atoms with Crippen LogP contribution in [0, 0.1) is 5.41 Å². The minimum atomic E-state index is -1.48. The first-order chi connectivity index (χ1) is 12.7. The maximum absolute atomic E-state index is 12.2. The van der Waals surface area contributed by atoms with Crippen LogP contribution >= 0.6 is 0 Å². The van der Waals surface area contributed by atoms with Crippen LogP contribution in [0.25, 0.3) is 5.53 Å². The molecule has 0 aliphatic rings. The van der Waals surface area contributed by atoms with Gasteiger partial charge < -0.3 is 30.2 Å². The van der Waals surface area contributed by atoms with E-state index in [0.29, 0.717) is 6.21 Å². The predicted octanol–water partition coefficient (Wildman–Crippen LogP) is 1.80. The highest BCUT2D eigenvalue weighted by Crippen LogP contribution is 2.25. The largest absolute Gasteiger partial charge is 0.461 e. The zero-order valence-corrected chi connectivity index (χ0v) is 17.5. The van der Waals surface area contributed by atoms with Gasteiger partial charge in [-0.05, 0) is 20.3 Å². The Bertz CT molecular complexity index is 605. The van der Waals surface area contributed by atoms with Gasteiger partial charge in [-0.1, -0.05) is 20.8 Å². The van der Waals surface area contributed by atoms with Crippen molar-refractivity contribution in [1.82, 2.24) is 5.32 Å². The number of ketones is 1. The lowest BCUT2D eigenvalue weighted by atomic mass is 9.96. The number of carbonyl (C=O) groups is 3. The summed E-state index contributed by atoms with van der Waals surface area (Å²) in [6.07, 6.45) is -2.16. The van der Waals surface area contributed by atoms with Crippen LogP contribution in [0.15, 0.2) is 0 Å². The van der Waals surface area contributed by atoms with Gasteiger partial charge in [-0.25, -0.2) is 9.59 Å². The Labute approximate surface area is 165 Å². The van der Waals surface area contributed by atoms with E-state index in [1.807, 2.05) is 0 Å². The molecule has 2 atom stereocenters. The van der Waals surface area contributed by atoms with Gasteiger partial charge in [-0.3, -0.25) is 4.79 Å². The average molecular weight is 401 g/mol. The maximum Gasteiger partial charge on any atom is 0.410 e. The summed E-state index contributed by atoms with van der Waals surface area (Å²) in [4.78, 5) is 38.5. The van der Waals surface area contributed by atoms with Crippen molar-refractivity contribution in [3.8, 4) is 0 Å². The Kier molecular flexibility index (Phi) is 10.0. The number of aliphatic hydroxyl groups excluding tert-OH is 1. The molecule has 0 spiro atoms. The third kappa shape index (κ3) is 10.8. The van der Waals surface area contributed by atoms with Gasteiger partial charge in [-0.15, -0.1) is 0 Å². The van der Waals surface area contributed by atoms with Gasteiger partial charge in [0.05, 0.1) is 6.10 Å². The molecule has 10 heteroatoms. The predicted molar refractivity (Wildman–Crippen MR) is 99.2 cm³/mol. The van der Waals surface area contributed by atoms with Crippen LogP contribution in [0.2, 0.25) is 0 Å². The van der Waals surface area contributed by atoms with Crippen molar-refractivity contribution < 1.29 is 38.5 Å². The fourth-order valence-corrected chi connectivity index (χ4v) is 1.84. The van der Waals surface area contributed by atoms with Crippen molar-refractivity contribution >= 4 is 24.1 Å². The number of hydrogen-bond donors (Lipinski definition) is 2. The summed E-state index contributed by atoms with van der Waals surface area (Å²) in [7, 11) is 0. The van der Waals surface area contributed by atoms with E-state index in [2.05, 4.69) is 10.1 Å². The Hall–Kier alpha value is -2.29. The van der Waals surface area contributed by atoms with Crippen molar-refractivity contribution in [3.05, 3.63) is 5.53 Å². The minimum absolute atomic E-state index is 0.0859. The van der Waals surface area contributed by atoms with Crippen LogP contribution in [0.3, 0.4) is 0 Å². The highest BCUT2D eigenvalue weighted by molar-refractivity contribution is 6.25. The second-order valence-corrected chi connectivity index (χ2v) is 8.06. The number of ether oxygens (including phenoxy) is 3. The van der Waals surface area contributed by atoms with Crippen LogP contribution < -0.4 is 5.32 Å². The van der Waals surface area contributed by atoms with E-state index in [9.17, 15) is 19.5 Å². The molecule has 0 aromatic rings. The third-order valence-corrected chi connectivity index (χ3v) is 3.28. The van der Waals surface area contributed by atoms with Gasteiger partial charge >= 0.3 is 18.3 Å². The number of nitrogens with zero attached hydrogens (tertiary/aromatic N) is 2. The van der Waals surface area contributed by atoms with E-state index in [0.717, 1.165) is 0 Å². The number of Topliss-reactive ketones (excluding diaryl/α,β-unsaturated/α-hetero) is 1. The minimum Gasteiger partial charge on any atom is -0.461 e. The number of amides is 1. The first kappa shape index (κ1) is 25.7. The van der Waals surface area contributed by atoms with E-state index in [1.165, 1.54) is 13.8 Å². The van der Waals surface area contributed by atoms with Gasteiger partial charge in [-0.2, -0.15) is 4.79 Å². The fourth-order valence-electron chi connectivity index (χ4n) is 1.84. The maximum atomic E-state index is 12.2. The smallest absolute Gasteiger partial charge is 0.410 e. The molecule has 0 aliphatic carbocycles. The summed E-state index contributed by atoms with van der Waals surface area (Å²) in [5, 5.41) is 12.4. The van der Waals surface area contributed by atoms with E-state index in [4.69, 9.17) is 19.7 Å². The Morgan fingerprint density at radius 1 is 1.18 bits per heavy atom. The number of alkyl carbamates (subject to hydrolysis) is 1. The second-order valence-electron chi connectivity index (χ2n) is 8.06. The summed E-state index contributed by atoms with van der Waals surface area (Å²) < 4.78 is 15.6. The SMILES string of the molecule is CC(C)OC(=O)[C@H](CCC(=O)C=[N+]=[N-])NC(=O)OC(C)(C)OC(O)C(C)(C)C. The molecule has 0 aromatic carbocycles. The quantitative estimate of drug-likeness (QED) is 0.186. The van der Waals surface area contributed by atoms with Crippen LogP contribution in [-0.4, -0.2) is 58.2 Å². The van der Waals surface area contributed by atoms with Gasteiger partial charge in [0.15, 0.2) is 6.29 Å². The van der Waals surface area contributed by atoms with E-state index >= 15 is 0 Å². The van der Waals surface area contributed by atoms with Crippen molar-refractivity contribution in [2.45, 2.75) is 85.5 Å². The van der Waals surface area contributed by atoms with Crippen molar-refractivity contribution in [3.63, 3.8) is 0 Å². The average Bonchev–Trinajstić information content (AvgIpc) is 2.48. The highest BCUT2D eigenvalue weighted by atomic mass is 16.8. The lowest BCUT2D eigenvalue weighted by Gasteiger charge is -2.34. The summed E-state index contributed by atoms with van der Waals surface area (Å²) in [6, 6.07) is -1.16. The molecule has 2 N–H and O–H groups in total. The first-order valence-electron chi connectivity index (χ1n) is 8.94. The zero-order valence-electron chi connectivity index (χ0n) is 17.5. The summed E-state index contributed by atoms with van der Waals surface area (Å²) in [5.74, 6) is -2.76. The summed E-state index contributed by atoms with van der Waals surface area (Å²) in [5.41, 5.74) is 7.76. The molecular formula is C18H31N3O7. The molecule has 0 bridgehead atoms. The Morgan fingerprint density at radius 2 is 1.75 bits per heavy atom. The second kappa shape index (κ2) is 10.9.